The van der Waals surface area contributed by atoms with Gasteiger partial charge in [0.05, 0.1) is 30.8 Å². The zero-order valence-corrected chi connectivity index (χ0v) is 13.0. The summed E-state index contributed by atoms with van der Waals surface area (Å²) in [7, 11) is 1.36. The lowest BCUT2D eigenvalue weighted by Crippen LogP contribution is -2.44. The average Bonchev–Trinajstić information content (AvgIpc) is 2.91. The Balaban J connectivity index is 1.93. The molecule has 1 fully saturated rings. The Morgan fingerprint density at radius 1 is 1.17 bits per heavy atom. The van der Waals surface area contributed by atoms with Gasteiger partial charge in [-0.3, -0.25) is 14.4 Å². The number of carbonyl (C=O) groups excluding carboxylic acids is 3. The minimum atomic E-state index is -0.877. The normalized spacial score (nSPS) is 28.2. The molecule has 1 N–H and O–H groups in total. The zero-order valence-electron chi connectivity index (χ0n) is 13.0. The third-order valence-corrected chi connectivity index (χ3v) is 4.65. The smallest absolute Gasteiger partial charge is 0.309 e. The van der Waals surface area contributed by atoms with Gasteiger partial charge in [-0.2, -0.15) is 0 Å². The number of ketones is 2. The first kappa shape index (κ1) is 14.9. The molecule has 1 saturated heterocycles. The monoisotopic (exact) mass is 330 g/mol. The Kier molecular flexibility index (Phi) is 3.05. The van der Waals surface area contributed by atoms with Crippen molar-refractivity contribution in [1.82, 2.24) is 0 Å². The van der Waals surface area contributed by atoms with E-state index in [4.69, 9.17) is 14.2 Å². The maximum Gasteiger partial charge on any atom is 0.309 e. The highest BCUT2D eigenvalue weighted by Crippen LogP contribution is 2.44. The molecular weight excluding hydrogens is 316 g/mol. The van der Waals surface area contributed by atoms with Crippen molar-refractivity contribution < 1.29 is 33.7 Å². The van der Waals surface area contributed by atoms with E-state index < -0.39 is 35.8 Å². The van der Waals surface area contributed by atoms with Crippen molar-refractivity contribution in [3.63, 3.8) is 0 Å². The Morgan fingerprint density at radius 3 is 2.62 bits per heavy atom. The molecule has 0 bridgehead atoms. The maximum absolute atomic E-state index is 12.9. The minimum Gasteiger partial charge on any atom is -0.504 e. The molecule has 7 nitrogen and oxygen atoms in total. The maximum atomic E-state index is 12.9. The summed E-state index contributed by atoms with van der Waals surface area (Å²) < 4.78 is 15.9. The van der Waals surface area contributed by atoms with Gasteiger partial charge in [-0.25, -0.2) is 0 Å². The molecule has 0 aromatic heterocycles. The standard InChI is InChI=1S/C17H14O7/c1-6-11-13(17-9(23-6)5-10(18)24-17)14(19)7-3-4-8(22-2)15(20)12(7)16(11)21/h3-4,6,9,17,20H,5H2,1-2H3. The average molecular weight is 330 g/mol. The first-order valence-corrected chi connectivity index (χ1v) is 7.52. The van der Waals surface area contributed by atoms with Crippen LogP contribution in [0, 0.1) is 0 Å². The fraction of sp³-hybridized carbons (Fsp3) is 0.353. The van der Waals surface area contributed by atoms with E-state index in [1.807, 2.05) is 0 Å². The summed E-state index contributed by atoms with van der Waals surface area (Å²) in [5, 5.41) is 10.3. The SMILES string of the molecule is COc1ccc2c(c1O)C(=O)C1=C(C2=O)C2OC(=O)CC2OC1C. The molecular formula is C17H14O7. The Hall–Kier alpha value is -2.67. The third-order valence-electron chi connectivity index (χ3n) is 4.65. The van der Waals surface area contributed by atoms with E-state index in [0.29, 0.717) is 0 Å². The number of phenolic OH excluding ortho intramolecular Hbond substituents is 1. The van der Waals surface area contributed by atoms with Gasteiger partial charge in [0.15, 0.2) is 29.2 Å². The zero-order chi connectivity index (χ0) is 17.2. The summed E-state index contributed by atoms with van der Waals surface area (Å²) >= 11 is 0. The first-order chi connectivity index (χ1) is 11.4. The highest BCUT2D eigenvalue weighted by Gasteiger charge is 2.51. The molecule has 2 heterocycles. The predicted octanol–water partition coefficient (Wildman–Crippen LogP) is 1.18. The van der Waals surface area contributed by atoms with Gasteiger partial charge >= 0.3 is 5.97 Å². The molecule has 3 atom stereocenters. The van der Waals surface area contributed by atoms with Crippen molar-refractivity contribution in [2.75, 3.05) is 7.11 Å². The molecule has 0 saturated carbocycles. The first-order valence-electron chi connectivity index (χ1n) is 7.52. The van der Waals surface area contributed by atoms with Crippen molar-refractivity contribution in [3.05, 3.63) is 34.4 Å². The molecule has 124 valence electrons. The van der Waals surface area contributed by atoms with Gasteiger partial charge in [0.1, 0.15) is 6.10 Å². The van der Waals surface area contributed by atoms with Gasteiger partial charge in [-0.15, -0.1) is 0 Å². The predicted molar refractivity (Wildman–Crippen MR) is 79.2 cm³/mol. The summed E-state index contributed by atoms with van der Waals surface area (Å²) in [5.74, 6) is -1.68. The van der Waals surface area contributed by atoms with Crippen LogP contribution < -0.4 is 4.74 Å². The largest absolute Gasteiger partial charge is 0.504 e. The number of fused-ring (bicyclic) bond motifs is 3. The Bertz CT molecular complexity index is 836. The van der Waals surface area contributed by atoms with Gasteiger partial charge in [-0.05, 0) is 19.1 Å². The van der Waals surface area contributed by atoms with E-state index in [-0.39, 0.29) is 40.2 Å². The van der Waals surface area contributed by atoms with Gasteiger partial charge in [0, 0.05) is 11.1 Å². The van der Waals surface area contributed by atoms with Crippen molar-refractivity contribution >= 4 is 17.5 Å². The lowest BCUT2D eigenvalue weighted by Gasteiger charge is -2.35. The number of phenols is 1. The molecule has 1 aliphatic carbocycles. The van der Waals surface area contributed by atoms with Crippen molar-refractivity contribution in [1.29, 1.82) is 0 Å². The highest BCUT2D eigenvalue weighted by molar-refractivity contribution is 6.29. The van der Waals surface area contributed by atoms with E-state index >= 15 is 0 Å². The molecule has 4 rings (SSSR count). The molecule has 0 amide bonds. The number of Topliss-reactive ketones (excluding diaryl/α,β-unsaturated/α-hetero) is 2. The molecule has 3 aliphatic rings. The van der Waals surface area contributed by atoms with Crippen molar-refractivity contribution in [2.24, 2.45) is 0 Å². The van der Waals surface area contributed by atoms with Crippen molar-refractivity contribution in [3.8, 4) is 11.5 Å². The number of hydrogen-bond donors (Lipinski definition) is 1. The summed E-state index contributed by atoms with van der Waals surface area (Å²) in [6.45, 7) is 1.64. The molecule has 1 aromatic rings. The number of rotatable bonds is 1. The number of hydrogen-bond acceptors (Lipinski definition) is 7. The number of ether oxygens (including phenoxy) is 3. The van der Waals surface area contributed by atoms with Crippen LogP contribution in [0.2, 0.25) is 0 Å². The van der Waals surface area contributed by atoms with E-state index in [0.717, 1.165) is 0 Å². The molecule has 2 aliphatic heterocycles. The third kappa shape index (κ3) is 1.78. The van der Waals surface area contributed by atoms with Crippen LogP contribution in [0.25, 0.3) is 0 Å². The fourth-order valence-electron chi connectivity index (χ4n) is 3.60. The van der Waals surface area contributed by atoms with E-state index in [9.17, 15) is 19.5 Å². The van der Waals surface area contributed by atoms with Crippen LogP contribution >= 0.6 is 0 Å². The Labute approximate surface area is 136 Å². The van der Waals surface area contributed by atoms with Crippen LogP contribution in [0.1, 0.15) is 34.1 Å². The van der Waals surface area contributed by atoms with Crippen LogP contribution in [0.5, 0.6) is 11.5 Å². The second kappa shape index (κ2) is 4.91. The molecule has 24 heavy (non-hydrogen) atoms. The van der Waals surface area contributed by atoms with Gasteiger partial charge in [0.25, 0.3) is 0 Å². The number of esters is 1. The van der Waals surface area contributed by atoms with Crippen LogP contribution in [-0.4, -0.2) is 48.1 Å². The number of methoxy groups -OCH3 is 1. The van der Waals surface area contributed by atoms with Gasteiger partial charge in [0.2, 0.25) is 0 Å². The summed E-state index contributed by atoms with van der Waals surface area (Å²) in [6.07, 6.45) is -2.08. The minimum absolute atomic E-state index is 0.0496. The second-order valence-electron chi connectivity index (χ2n) is 5.96. The molecule has 0 radical (unpaired) electrons. The van der Waals surface area contributed by atoms with E-state index in [1.54, 1.807) is 6.92 Å². The highest BCUT2D eigenvalue weighted by atomic mass is 16.6. The summed E-state index contributed by atoms with van der Waals surface area (Å²) in [5.41, 5.74) is 0.267. The molecule has 0 spiro atoms. The van der Waals surface area contributed by atoms with Crippen LogP contribution in [0.4, 0.5) is 0 Å². The molecule has 1 aromatic carbocycles. The van der Waals surface area contributed by atoms with Crippen LogP contribution in [0.3, 0.4) is 0 Å². The molecule has 3 unspecified atom stereocenters. The van der Waals surface area contributed by atoms with Gasteiger partial charge in [-0.1, -0.05) is 0 Å². The quantitative estimate of drug-likeness (QED) is 0.772. The number of benzene rings is 1. The van der Waals surface area contributed by atoms with Gasteiger partial charge < -0.3 is 19.3 Å². The fourth-order valence-corrected chi connectivity index (χ4v) is 3.60. The molecule has 7 heteroatoms. The lowest BCUT2D eigenvalue weighted by molar-refractivity contribution is -0.140. The van der Waals surface area contributed by atoms with Crippen LogP contribution in [-0.2, 0) is 14.3 Å². The summed E-state index contributed by atoms with van der Waals surface area (Å²) in [6, 6.07) is 2.86. The number of aromatic hydroxyl groups is 1. The topological polar surface area (TPSA) is 99.1 Å². The van der Waals surface area contributed by atoms with Crippen LogP contribution in [0.15, 0.2) is 23.3 Å². The lowest BCUT2D eigenvalue weighted by atomic mass is 9.77. The number of carbonyl (C=O) groups is 3. The van der Waals surface area contributed by atoms with E-state index in [2.05, 4.69) is 0 Å². The van der Waals surface area contributed by atoms with Crippen molar-refractivity contribution in [2.45, 2.75) is 31.7 Å². The summed E-state index contributed by atoms with van der Waals surface area (Å²) in [4.78, 5) is 37.4. The Morgan fingerprint density at radius 2 is 1.92 bits per heavy atom. The second-order valence-corrected chi connectivity index (χ2v) is 5.96. The van der Waals surface area contributed by atoms with E-state index in [1.165, 1.54) is 19.2 Å².